The van der Waals surface area contributed by atoms with Crippen molar-refractivity contribution in [3.63, 3.8) is 0 Å². The molecule has 5 nitrogen and oxygen atoms in total. The lowest BCUT2D eigenvalue weighted by molar-refractivity contribution is 0.356. The van der Waals surface area contributed by atoms with Gasteiger partial charge in [0.15, 0.2) is 0 Å². The molecule has 0 radical (unpaired) electrons. The normalized spacial score (nSPS) is 17.5. The molecule has 0 bridgehead atoms. The fourth-order valence-electron chi connectivity index (χ4n) is 2.44. The molecule has 2 heterocycles. The number of nitrogens with zero attached hydrogens (tertiary/aromatic N) is 4. The summed E-state index contributed by atoms with van der Waals surface area (Å²) in [5.41, 5.74) is 0.999. The van der Waals surface area contributed by atoms with Crippen LogP contribution in [0.2, 0.25) is 0 Å². The summed E-state index contributed by atoms with van der Waals surface area (Å²) in [5, 5.41) is 16.3. The lowest BCUT2D eigenvalue weighted by Gasteiger charge is -2.23. The maximum absolute atomic E-state index is 13.7. The molecule has 1 aromatic heterocycles. The summed E-state index contributed by atoms with van der Waals surface area (Å²) in [6.45, 7) is 1.16. The molecule has 1 aliphatic rings. The van der Waals surface area contributed by atoms with E-state index in [2.05, 4.69) is 15.4 Å². The van der Waals surface area contributed by atoms with Crippen molar-refractivity contribution in [1.82, 2.24) is 20.1 Å². The van der Waals surface area contributed by atoms with Gasteiger partial charge >= 0.3 is 0 Å². The van der Waals surface area contributed by atoms with E-state index in [4.69, 9.17) is 5.26 Å². The van der Waals surface area contributed by atoms with E-state index < -0.39 is 0 Å². The first-order chi connectivity index (χ1) is 9.76. The van der Waals surface area contributed by atoms with Crippen molar-refractivity contribution in [2.75, 3.05) is 0 Å². The Morgan fingerprint density at radius 3 is 3.25 bits per heavy atom. The van der Waals surface area contributed by atoms with Crippen LogP contribution in [-0.4, -0.2) is 20.8 Å². The van der Waals surface area contributed by atoms with Crippen molar-refractivity contribution in [3.05, 3.63) is 47.3 Å². The Balaban J connectivity index is 1.65. The highest BCUT2D eigenvalue weighted by Crippen LogP contribution is 2.14. The molecule has 3 rings (SSSR count). The Morgan fingerprint density at radius 1 is 1.50 bits per heavy atom. The monoisotopic (exact) mass is 271 g/mol. The molecule has 0 fully saturated rings. The fourth-order valence-corrected chi connectivity index (χ4v) is 2.44. The van der Waals surface area contributed by atoms with E-state index in [0.29, 0.717) is 17.7 Å². The van der Waals surface area contributed by atoms with E-state index in [9.17, 15) is 4.39 Å². The quantitative estimate of drug-likeness (QED) is 0.916. The molecule has 2 aromatic rings. The minimum absolute atomic E-state index is 0.245. The van der Waals surface area contributed by atoms with Crippen LogP contribution in [0.1, 0.15) is 23.4 Å². The minimum atomic E-state index is -0.284. The molecule has 0 unspecified atom stereocenters. The highest BCUT2D eigenvalue weighted by atomic mass is 19.1. The molecule has 0 saturated heterocycles. The van der Waals surface area contributed by atoms with Crippen LogP contribution in [0.3, 0.4) is 0 Å². The van der Waals surface area contributed by atoms with Crippen molar-refractivity contribution in [1.29, 1.82) is 5.26 Å². The third-order valence-corrected chi connectivity index (χ3v) is 3.56. The average molecular weight is 271 g/mol. The van der Waals surface area contributed by atoms with Gasteiger partial charge < -0.3 is 5.32 Å². The highest BCUT2D eigenvalue weighted by Gasteiger charge is 2.19. The van der Waals surface area contributed by atoms with Crippen LogP contribution < -0.4 is 5.32 Å². The molecular formula is C14H14FN5. The van der Waals surface area contributed by atoms with Crippen LogP contribution >= 0.6 is 0 Å². The van der Waals surface area contributed by atoms with E-state index in [-0.39, 0.29) is 11.9 Å². The summed E-state index contributed by atoms with van der Waals surface area (Å²) >= 11 is 0. The van der Waals surface area contributed by atoms with Crippen LogP contribution in [0.4, 0.5) is 4.39 Å². The van der Waals surface area contributed by atoms with Crippen LogP contribution in [-0.2, 0) is 19.5 Å². The Bertz CT molecular complexity index is 658. The third kappa shape index (κ3) is 2.53. The van der Waals surface area contributed by atoms with Gasteiger partial charge in [-0.3, -0.25) is 0 Å². The molecule has 6 heteroatoms. The summed E-state index contributed by atoms with van der Waals surface area (Å²) in [4.78, 5) is 4.17. The molecule has 1 N–H and O–H groups in total. The number of nitrogens with one attached hydrogen (secondary N) is 1. The van der Waals surface area contributed by atoms with E-state index in [0.717, 1.165) is 25.2 Å². The molecule has 0 aliphatic carbocycles. The fraction of sp³-hybridized carbons (Fsp3) is 0.357. The Labute approximate surface area is 116 Å². The van der Waals surface area contributed by atoms with E-state index in [1.165, 1.54) is 12.1 Å². The first-order valence-corrected chi connectivity index (χ1v) is 6.55. The van der Waals surface area contributed by atoms with Gasteiger partial charge in [-0.15, -0.1) is 0 Å². The molecule has 0 amide bonds. The molecule has 1 aromatic carbocycles. The molecular weight excluding hydrogens is 257 g/mol. The van der Waals surface area contributed by atoms with E-state index in [1.54, 1.807) is 12.4 Å². The summed E-state index contributed by atoms with van der Waals surface area (Å²) in [6.07, 6.45) is 3.39. The lowest BCUT2D eigenvalue weighted by Crippen LogP contribution is -2.37. The highest BCUT2D eigenvalue weighted by molar-refractivity contribution is 5.33. The second kappa shape index (κ2) is 5.39. The Morgan fingerprint density at radius 2 is 2.40 bits per heavy atom. The maximum Gasteiger partial charge on any atom is 0.138 e. The first-order valence-electron chi connectivity index (χ1n) is 6.55. The van der Waals surface area contributed by atoms with Crippen LogP contribution in [0, 0.1) is 17.1 Å². The number of rotatable bonds is 3. The summed E-state index contributed by atoms with van der Waals surface area (Å²) < 4.78 is 15.6. The van der Waals surface area contributed by atoms with Gasteiger partial charge in [0, 0.05) is 24.6 Å². The van der Waals surface area contributed by atoms with E-state index >= 15 is 0 Å². The summed E-state index contributed by atoms with van der Waals surface area (Å²) in [5.74, 6) is 0.717. The van der Waals surface area contributed by atoms with E-state index in [1.807, 2.05) is 10.8 Å². The zero-order valence-corrected chi connectivity index (χ0v) is 10.9. The lowest BCUT2D eigenvalue weighted by atomic mass is 10.1. The minimum Gasteiger partial charge on any atom is -0.308 e. The Hall–Kier alpha value is -2.26. The number of halogens is 1. The van der Waals surface area contributed by atoms with Crippen molar-refractivity contribution >= 4 is 0 Å². The molecule has 20 heavy (non-hydrogen) atoms. The zero-order chi connectivity index (χ0) is 13.9. The van der Waals surface area contributed by atoms with Crippen molar-refractivity contribution in [2.24, 2.45) is 0 Å². The average Bonchev–Trinajstić information content (AvgIpc) is 2.94. The zero-order valence-electron chi connectivity index (χ0n) is 10.9. The number of benzene rings is 1. The molecule has 1 aliphatic heterocycles. The predicted molar refractivity (Wildman–Crippen MR) is 70.1 cm³/mol. The van der Waals surface area contributed by atoms with Gasteiger partial charge in [0.25, 0.3) is 0 Å². The number of nitriles is 1. The second-order valence-corrected chi connectivity index (χ2v) is 4.89. The number of aromatic nitrogens is 3. The van der Waals surface area contributed by atoms with Crippen molar-refractivity contribution < 1.29 is 4.39 Å². The maximum atomic E-state index is 13.7. The van der Waals surface area contributed by atoms with Gasteiger partial charge in [0.2, 0.25) is 0 Å². The molecule has 1 atom stereocenters. The van der Waals surface area contributed by atoms with Gasteiger partial charge in [-0.05, 0) is 24.6 Å². The second-order valence-electron chi connectivity index (χ2n) is 4.89. The van der Waals surface area contributed by atoms with Crippen LogP contribution in [0.25, 0.3) is 0 Å². The van der Waals surface area contributed by atoms with Crippen LogP contribution in [0.15, 0.2) is 24.5 Å². The smallest absolute Gasteiger partial charge is 0.138 e. The van der Waals surface area contributed by atoms with Gasteiger partial charge in [-0.2, -0.15) is 10.4 Å². The third-order valence-electron chi connectivity index (χ3n) is 3.56. The van der Waals surface area contributed by atoms with Crippen molar-refractivity contribution in [2.45, 2.75) is 32.0 Å². The van der Waals surface area contributed by atoms with Gasteiger partial charge in [0.1, 0.15) is 18.0 Å². The number of hydrogen-bond donors (Lipinski definition) is 1. The molecule has 102 valence electrons. The number of aryl methyl sites for hydroxylation is 1. The van der Waals surface area contributed by atoms with Crippen molar-refractivity contribution in [3.8, 4) is 6.07 Å². The number of hydrogen-bond acceptors (Lipinski definition) is 4. The molecule has 0 spiro atoms. The topological polar surface area (TPSA) is 66.5 Å². The van der Waals surface area contributed by atoms with Gasteiger partial charge in [-0.25, -0.2) is 14.1 Å². The SMILES string of the molecule is N#Cc1ccc(F)c(CN[C@H]2CCc3ncnn3C2)c1. The largest absolute Gasteiger partial charge is 0.308 e. The van der Waals surface area contributed by atoms with Gasteiger partial charge in [0.05, 0.1) is 18.2 Å². The standard InChI is InChI=1S/C14H14FN5/c15-13-3-1-10(6-16)5-11(13)7-17-12-2-4-14-18-9-19-20(14)8-12/h1,3,5,9,12,17H,2,4,7-8H2/t12-/m0/s1. The van der Waals surface area contributed by atoms with Crippen LogP contribution in [0.5, 0.6) is 0 Å². The predicted octanol–water partition coefficient (Wildman–Crippen LogP) is 1.39. The Kier molecular flexibility index (Phi) is 3.44. The molecule has 0 saturated carbocycles. The van der Waals surface area contributed by atoms with Gasteiger partial charge in [-0.1, -0.05) is 0 Å². The first kappa shape index (κ1) is 12.8. The number of fused-ring (bicyclic) bond motifs is 1. The summed E-state index contributed by atoms with van der Waals surface area (Å²) in [6, 6.07) is 6.69. The summed E-state index contributed by atoms with van der Waals surface area (Å²) in [7, 11) is 0.